The molecule has 0 aliphatic carbocycles. The maximum atomic E-state index is 12.5. The molecule has 0 N–H and O–H groups in total. The summed E-state index contributed by atoms with van der Waals surface area (Å²) in [7, 11) is -1.99. The highest BCUT2D eigenvalue weighted by Crippen LogP contribution is 2.37. The van der Waals surface area contributed by atoms with Gasteiger partial charge in [-0.05, 0) is 84.5 Å². The van der Waals surface area contributed by atoms with Gasteiger partial charge in [-0.3, -0.25) is 4.90 Å². The Morgan fingerprint density at radius 3 is 2.05 bits per heavy atom. The first-order valence-corrected chi connectivity index (χ1v) is 17.0. The van der Waals surface area contributed by atoms with E-state index in [1.54, 1.807) is 0 Å². The highest BCUT2D eigenvalue weighted by atomic mass is 28.3. The molecule has 0 unspecified atom stereocenters. The zero-order valence-electron chi connectivity index (χ0n) is 25.2. The second-order valence-electron chi connectivity index (χ2n) is 13.6. The summed E-state index contributed by atoms with van der Waals surface area (Å²) in [5.74, 6) is 3.56. The van der Waals surface area contributed by atoms with Crippen LogP contribution in [0.15, 0.2) is 6.07 Å². The monoisotopic (exact) mass is 526 g/mol. The van der Waals surface area contributed by atoms with Crippen LogP contribution in [-0.2, 0) is 20.6 Å². The molecular formula is C29H47BN2O4Si. The van der Waals surface area contributed by atoms with Crippen LogP contribution in [0.1, 0.15) is 70.7 Å². The quantitative estimate of drug-likeness (QED) is 0.415. The Balaban J connectivity index is 1.89. The number of carbonyl (C=O) groups excluding carboxylic acids is 1. The van der Waals surface area contributed by atoms with Crippen molar-refractivity contribution in [3.63, 3.8) is 0 Å². The van der Waals surface area contributed by atoms with Crippen LogP contribution in [0.2, 0.25) is 19.6 Å². The average molecular weight is 527 g/mol. The molecule has 1 amide bonds. The SMILES string of the molecule is Cc1c(CN2CCN(C(=O)OC(C)(C)C)CC2)cc(B2OC(C)(C)C(C)(C)O2)c(C)c1C#C[Si](C)(C)C. The lowest BCUT2D eigenvalue weighted by molar-refractivity contribution is 0.00578. The highest BCUT2D eigenvalue weighted by molar-refractivity contribution is 6.83. The van der Waals surface area contributed by atoms with Crippen LogP contribution in [0, 0.1) is 25.3 Å². The fourth-order valence-electron chi connectivity index (χ4n) is 4.46. The molecule has 0 saturated carbocycles. The number of ether oxygens (including phenoxy) is 1. The standard InChI is InChI=1S/C29H47BN2O4Si/c1-21-23(20-31-14-16-32(17-15-31)26(33)34-27(3,4)5)19-25(22(2)24(21)13-18-37(10,11)12)30-35-28(6,7)29(8,9)36-30/h19H,14-17,20H2,1-12H3. The van der Waals surface area contributed by atoms with Gasteiger partial charge in [-0.25, -0.2) is 4.79 Å². The molecule has 37 heavy (non-hydrogen) atoms. The molecule has 2 saturated heterocycles. The van der Waals surface area contributed by atoms with Crippen molar-refractivity contribution in [2.75, 3.05) is 26.2 Å². The molecular weight excluding hydrogens is 479 g/mol. The van der Waals surface area contributed by atoms with Gasteiger partial charge < -0.3 is 18.9 Å². The number of piperazine rings is 1. The van der Waals surface area contributed by atoms with E-state index in [9.17, 15) is 4.79 Å². The van der Waals surface area contributed by atoms with Crippen molar-refractivity contribution in [3.8, 4) is 11.5 Å². The fraction of sp³-hybridized carbons (Fsp3) is 0.690. The Kier molecular flexibility index (Phi) is 8.37. The lowest BCUT2D eigenvalue weighted by Gasteiger charge is -2.36. The molecule has 0 atom stereocenters. The number of nitrogens with zero attached hydrogens (tertiary/aromatic N) is 2. The van der Waals surface area contributed by atoms with E-state index in [4.69, 9.17) is 14.0 Å². The first kappa shape index (κ1) is 29.8. The number of carbonyl (C=O) groups is 1. The van der Waals surface area contributed by atoms with Crippen molar-refractivity contribution in [3.05, 3.63) is 28.3 Å². The summed E-state index contributed by atoms with van der Waals surface area (Å²) in [6.07, 6.45) is -0.231. The molecule has 8 heteroatoms. The molecule has 2 aliphatic rings. The Labute approximate surface area is 226 Å². The fourth-order valence-corrected chi connectivity index (χ4v) is 4.96. The minimum atomic E-state index is -1.56. The van der Waals surface area contributed by atoms with Crippen LogP contribution in [0.25, 0.3) is 0 Å². The van der Waals surface area contributed by atoms with Crippen LogP contribution in [-0.4, -0.2) is 74.1 Å². The molecule has 2 fully saturated rings. The summed E-state index contributed by atoms with van der Waals surface area (Å²) in [4.78, 5) is 16.7. The van der Waals surface area contributed by atoms with E-state index in [-0.39, 0.29) is 6.09 Å². The summed E-state index contributed by atoms with van der Waals surface area (Å²) in [5, 5.41) is 0. The Morgan fingerprint density at radius 1 is 1.03 bits per heavy atom. The van der Waals surface area contributed by atoms with Crippen molar-refractivity contribution in [1.82, 2.24) is 9.80 Å². The van der Waals surface area contributed by atoms with Gasteiger partial charge in [-0.1, -0.05) is 31.6 Å². The lowest BCUT2D eigenvalue weighted by Crippen LogP contribution is -2.49. The summed E-state index contributed by atoms with van der Waals surface area (Å²) in [6.45, 7) is 28.9. The second kappa shape index (κ2) is 10.4. The molecule has 0 spiro atoms. The molecule has 1 aromatic carbocycles. The molecule has 2 heterocycles. The Morgan fingerprint density at radius 2 is 1.57 bits per heavy atom. The minimum Gasteiger partial charge on any atom is -0.444 e. The van der Waals surface area contributed by atoms with Crippen molar-refractivity contribution in [2.45, 2.75) is 105 Å². The van der Waals surface area contributed by atoms with Crippen LogP contribution < -0.4 is 5.46 Å². The summed E-state index contributed by atoms with van der Waals surface area (Å²) < 4.78 is 18.5. The van der Waals surface area contributed by atoms with E-state index in [0.717, 1.165) is 36.2 Å². The molecule has 3 rings (SSSR count). The molecule has 0 bridgehead atoms. The molecule has 204 valence electrons. The largest absolute Gasteiger partial charge is 0.495 e. The zero-order valence-corrected chi connectivity index (χ0v) is 26.2. The zero-order chi connectivity index (χ0) is 28.0. The number of hydrogen-bond donors (Lipinski definition) is 0. The van der Waals surface area contributed by atoms with Gasteiger partial charge >= 0.3 is 13.2 Å². The summed E-state index contributed by atoms with van der Waals surface area (Å²) in [5.41, 5.74) is 8.03. The van der Waals surface area contributed by atoms with E-state index in [1.807, 2.05) is 25.7 Å². The van der Waals surface area contributed by atoms with Crippen LogP contribution in [0.5, 0.6) is 0 Å². The topological polar surface area (TPSA) is 51.2 Å². The summed E-state index contributed by atoms with van der Waals surface area (Å²) >= 11 is 0. The molecule has 1 aromatic rings. The highest BCUT2D eigenvalue weighted by Gasteiger charge is 2.52. The lowest BCUT2D eigenvalue weighted by atomic mass is 9.73. The molecule has 2 aliphatic heterocycles. The van der Waals surface area contributed by atoms with Crippen LogP contribution >= 0.6 is 0 Å². The van der Waals surface area contributed by atoms with Crippen molar-refractivity contribution < 1.29 is 18.8 Å². The van der Waals surface area contributed by atoms with E-state index in [1.165, 1.54) is 11.1 Å². The third kappa shape index (κ3) is 7.20. The van der Waals surface area contributed by atoms with Crippen LogP contribution in [0.3, 0.4) is 0 Å². The van der Waals surface area contributed by atoms with Crippen molar-refractivity contribution in [2.24, 2.45) is 0 Å². The van der Waals surface area contributed by atoms with Gasteiger partial charge in [0.05, 0.1) is 11.2 Å². The van der Waals surface area contributed by atoms with Gasteiger partial charge in [-0.2, -0.15) is 0 Å². The Bertz CT molecular complexity index is 1070. The predicted octanol–water partition coefficient (Wildman–Crippen LogP) is 4.88. The second-order valence-corrected chi connectivity index (χ2v) is 18.3. The van der Waals surface area contributed by atoms with Gasteiger partial charge in [-0.15, -0.1) is 5.54 Å². The van der Waals surface area contributed by atoms with E-state index < -0.39 is 32.0 Å². The Hall–Kier alpha value is -1.79. The average Bonchev–Trinajstić information content (AvgIpc) is 2.95. The predicted molar refractivity (Wildman–Crippen MR) is 155 cm³/mol. The smallest absolute Gasteiger partial charge is 0.444 e. The normalized spacial score (nSPS) is 20.0. The molecule has 0 aromatic heterocycles. The van der Waals surface area contributed by atoms with E-state index in [0.29, 0.717) is 13.1 Å². The number of amides is 1. The number of benzene rings is 1. The van der Waals surface area contributed by atoms with Gasteiger partial charge in [0, 0.05) is 38.3 Å². The van der Waals surface area contributed by atoms with E-state index >= 15 is 0 Å². The van der Waals surface area contributed by atoms with Gasteiger partial charge in [0.15, 0.2) is 0 Å². The maximum Gasteiger partial charge on any atom is 0.495 e. The number of hydrogen-bond acceptors (Lipinski definition) is 5. The number of rotatable bonds is 3. The van der Waals surface area contributed by atoms with Gasteiger partial charge in [0.1, 0.15) is 13.7 Å². The van der Waals surface area contributed by atoms with E-state index in [2.05, 4.69) is 83.6 Å². The van der Waals surface area contributed by atoms with Crippen molar-refractivity contribution >= 4 is 26.7 Å². The molecule has 0 radical (unpaired) electrons. The first-order chi connectivity index (χ1) is 16.8. The first-order valence-electron chi connectivity index (χ1n) is 13.5. The summed E-state index contributed by atoms with van der Waals surface area (Å²) in [6, 6.07) is 2.26. The minimum absolute atomic E-state index is 0.231. The van der Waals surface area contributed by atoms with Gasteiger partial charge in [0.2, 0.25) is 0 Å². The third-order valence-electron chi connectivity index (χ3n) is 7.48. The molecule has 6 nitrogen and oxygen atoms in total. The van der Waals surface area contributed by atoms with Crippen LogP contribution in [0.4, 0.5) is 4.79 Å². The third-order valence-corrected chi connectivity index (χ3v) is 8.36. The van der Waals surface area contributed by atoms with Crippen molar-refractivity contribution in [1.29, 1.82) is 0 Å². The maximum absolute atomic E-state index is 12.5. The van der Waals surface area contributed by atoms with Gasteiger partial charge in [0.25, 0.3) is 0 Å².